The summed E-state index contributed by atoms with van der Waals surface area (Å²) in [5.41, 5.74) is 0. The number of Topliss-reactive ketones (excluding diaryl/α,β-unsaturated/α-hetero) is 1. The third kappa shape index (κ3) is 2.94. The van der Waals surface area contributed by atoms with Gasteiger partial charge in [-0.15, -0.1) is 0 Å². The zero-order valence-electron chi connectivity index (χ0n) is 7.59. The van der Waals surface area contributed by atoms with Crippen molar-refractivity contribution in [1.29, 1.82) is 0 Å². The Labute approximate surface area is 74.0 Å². The van der Waals surface area contributed by atoms with Crippen molar-refractivity contribution in [3.8, 4) is 0 Å². The molecule has 0 radical (unpaired) electrons. The summed E-state index contributed by atoms with van der Waals surface area (Å²) >= 11 is 0. The fraction of sp³-hybridized carbons (Fsp3) is 0.900. The van der Waals surface area contributed by atoms with E-state index in [1.807, 2.05) is 0 Å². The molecule has 0 aromatic rings. The van der Waals surface area contributed by atoms with Crippen molar-refractivity contribution in [3.05, 3.63) is 0 Å². The Balaban J connectivity index is 2.31. The molecular formula is C10H18O2. The molecule has 1 aliphatic carbocycles. The number of hydrogen-bond acceptors (Lipinski definition) is 2. The molecule has 0 amide bonds. The Hall–Kier alpha value is -0.370. The average molecular weight is 170 g/mol. The Morgan fingerprint density at radius 3 is 2.92 bits per heavy atom. The van der Waals surface area contributed by atoms with Crippen LogP contribution in [-0.4, -0.2) is 17.5 Å². The minimum atomic E-state index is 0.226. The molecule has 0 heterocycles. The highest BCUT2D eigenvalue weighted by atomic mass is 16.2. The van der Waals surface area contributed by atoms with Crippen molar-refractivity contribution in [2.45, 2.75) is 44.9 Å². The van der Waals surface area contributed by atoms with E-state index >= 15 is 0 Å². The van der Waals surface area contributed by atoms with Crippen LogP contribution in [0.1, 0.15) is 44.9 Å². The van der Waals surface area contributed by atoms with Gasteiger partial charge >= 0.3 is 0 Å². The van der Waals surface area contributed by atoms with E-state index in [1.165, 1.54) is 12.8 Å². The fourth-order valence-electron chi connectivity index (χ4n) is 1.87. The zero-order valence-corrected chi connectivity index (χ0v) is 7.59. The summed E-state index contributed by atoms with van der Waals surface area (Å²) in [5.74, 6) is 0.695. The molecule has 0 spiro atoms. The lowest BCUT2D eigenvalue weighted by Gasteiger charge is -2.10. The highest BCUT2D eigenvalue weighted by Gasteiger charge is 2.19. The second kappa shape index (κ2) is 5.31. The topological polar surface area (TPSA) is 37.3 Å². The Morgan fingerprint density at radius 1 is 1.33 bits per heavy atom. The minimum absolute atomic E-state index is 0.226. The van der Waals surface area contributed by atoms with Crippen LogP contribution < -0.4 is 0 Å². The largest absolute Gasteiger partial charge is 0.396 e. The smallest absolute Gasteiger partial charge is 0.135 e. The van der Waals surface area contributed by atoms with E-state index in [-0.39, 0.29) is 12.5 Å². The van der Waals surface area contributed by atoms with Crippen molar-refractivity contribution < 1.29 is 9.90 Å². The molecule has 2 heteroatoms. The molecule has 12 heavy (non-hydrogen) atoms. The van der Waals surface area contributed by atoms with E-state index in [0.717, 1.165) is 32.1 Å². The zero-order chi connectivity index (χ0) is 8.81. The fourth-order valence-corrected chi connectivity index (χ4v) is 1.87. The highest BCUT2D eigenvalue weighted by Crippen LogP contribution is 2.23. The normalized spacial score (nSPS) is 25.4. The number of aliphatic hydroxyl groups excluding tert-OH is 1. The van der Waals surface area contributed by atoms with Crippen molar-refractivity contribution >= 4 is 5.78 Å². The summed E-state index contributed by atoms with van der Waals surface area (Å²) in [7, 11) is 0. The molecule has 1 unspecified atom stereocenters. The number of carbonyl (C=O) groups is 1. The van der Waals surface area contributed by atoms with Crippen LogP contribution in [0.15, 0.2) is 0 Å². The summed E-state index contributed by atoms with van der Waals surface area (Å²) in [6.45, 7) is 0.226. The van der Waals surface area contributed by atoms with Crippen molar-refractivity contribution in [3.63, 3.8) is 0 Å². The molecule has 1 N–H and O–H groups in total. The Morgan fingerprint density at radius 2 is 2.17 bits per heavy atom. The van der Waals surface area contributed by atoms with Gasteiger partial charge in [0.05, 0.1) is 0 Å². The van der Waals surface area contributed by atoms with Gasteiger partial charge in [-0.05, 0) is 25.7 Å². The maximum absolute atomic E-state index is 11.4. The van der Waals surface area contributed by atoms with Crippen LogP contribution in [0.5, 0.6) is 0 Å². The van der Waals surface area contributed by atoms with Crippen LogP contribution in [0.4, 0.5) is 0 Å². The molecule has 70 valence electrons. The van der Waals surface area contributed by atoms with Gasteiger partial charge in [-0.1, -0.05) is 12.8 Å². The number of carbonyl (C=O) groups excluding carboxylic acids is 1. The first kappa shape index (κ1) is 9.72. The summed E-state index contributed by atoms with van der Waals surface area (Å²) in [6, 6.07) is 0. The first-order valence-corrected chi connectivity index (χ1v) is 4.98. The number of rotatable bonds is 3. The summed E-state index contributed by atoms with van der Waals surface area (Å²) in [5, 5.41) is 8.64. The van der Waals surface area contributed by atoms with Crippen molar-refractivity contribution in [2.24, 2.45) is 5.92 Å². The maximum atomic E-state index is 11.4. The lowest BCUT2D eigenvalue weighted by molar-refractivity contribution is -0.123. The first-order valence-electron chi connectivity index (χ1n) is 4.98. The molecule has 0 saturated heterocycles. The second-order valence-electron chi connectivity index (χ2n) is 3.63. The van der Waals surface area contributed by atoms with Crippen molar-refractivity contribution in [1.82, 2.24) is 0 Å². The van der Waals surface area contributed by atoms with Gasteiger partial charge in [-0.3, -0.25) is 4.79 Å². The molecular weight excluding hydrogens is 152 g/mol. The van der Waals surface area contributed by atoms with Gasteiger partial charge in [-0.2, -0.15) is 0 Å². The van der Waals surface area contributed by atoms with Crippen LogP contribution in [0.25, 0.3) is 0 Å². The summed E-state index contributed by atoms with van der Waals surface area (Å²) in [6.07, 6.45) is 7.00. The van der Waals surface area contributed by atoms with Gasteiger partial charge in [0, 0.05) is 18.9 Å². The van der Waals surface area contributed by atoms with Crippen LogP contribution in [0, 0.1) is 5.92 Å². The van der Waals surface area contributed by atoms with E-state index in [4.69, 9.17) is 5.11 Å². The molecule has 0 aromatic carbocycles. The van der Waals surface area contributed by atoms with Gasteiger partial charge < -0.3 is 5.11 Å². The summed E-state index contributed by atoms with van der Waals surface area (Å²) < 4.78 is 0. The maximum Gasteiger partial charge on any atom is 0.135 e. The standard InChI is InChI=1S/C10H18O2/c11-8-4-6-9-5-2-1-3-7-10(9)12/h9,11H,1-8H2. The Bertz CT molecular complexity index is 143. The second-order valence-corrected chi connectivity index (χ2v) is 3.63. The van der Waals surface area contributed by atoms with Gasteiger partial charge in [-0.25, -0.2) is 0 Å². The third-order valence-electron chi connectivity index (χ3n) is 2.64. The van der Waals surface area contributed by atoms with Gasteiger partial charge in [0.1, 0.15) is 5.78 Å². The third-order valence-corrected chi connectivity index (χ3v) is 2.64. The van der Waals surface area contributed by atoms with Gasteiger partial charge in [0.25, 0.3) is 0 Å². The van der Waals surface area contributed by atoms with E-state index in [0.29, 0.717) is 5.78 Å². The number of hydrogen-bond donors (Lipinski definition) is 1. The van der Waals surface area contributed by atoms with Crippen LogP contribution in [0.3, 0.4) is 0 Å². The molecule has 0 aliphatic heterocycles. The monoisotopic (exact) mass is 170 g/mol. The van der Waals surface area contributed by atoms with E-state index in [2.05, 4.69) is 0 Å². The molecule has 0 aromatic heterocycles. The van der Waals surface area contributed by atoms with Crippen LogP contribution in [-0.2, 0) is 4.79 Å². The quantitative estimate of drug-likeness (QED) is 0.657. The predicted molar refractivity (Wildman–Crippen MR) is 47.9 cm³/mol. The van der Waals surface area contributed by atoms with Crippen LogP contribution in [0.2, 0.25) is 0 Å². The number of aliphatic hydroxyl groups is 1. The van der Waals surface area contributed by atoms with Gasteiger partial charge in [0.15, 0.2) is 0 Å². The molecule has 1 rings (SSSR count). The minimum Gasteiger partial charge on any atom is -0.396 e. The lowest BCUT2D eigenvalue weighted by atomic mass is 9.94. The van der Waals surface area contributed by atoms with E-state index in [1.54, 1.807) is 0 Å². The first-order chi connectivity index (χ1) is 5.84. The molecule has 1 aliphatic rings. The van der Waals surface area contributed by atoms with E-state index in [9.17, 15) is 4.79 Å². The Kier molecular flexibility index (Phi) is 4.30. The molecule has 1 saturated carbocycles. The van der Waals surface area contributed by atoms with Crippen molar-refractivity contribution in [2.75, 3.05) is 6.61 Å². The lowest BCUT2D eigenvalue weighted by Crippen LogP contribution is -2.12. The summed E-state index contributed by atoms with van der Waals surface area (Å²) in [4.78, 5) is 11.4. The number of ketones is 1. The predicted octanol–water partition coefficient (Wildman–Crippen LogP) is 1.91. The molecule has 2 nitrogen and oxygen atoms in total. The SMILES string of the molecule is O=C1CCCCCC1CCCO. The molecule has 1 atom stereocenters. The molecule has 0 bridgehead atoms. The average Bonchev–Trinajstić information content (AvgIpc) is 2.27. The van der Waals surface area contributed by atoms with Gasteiger partial charge in [0.2, 0.25) is 0 Å². The van der Waals surface area contributed by atoms with E-state index < -0.39 is 0 Å². The molecule has 1 fully saturated rings. The highest BCUT2D eigenvalue weighted by molar-refractivity contribution is 5.81. The van der Waals surface area contributed by atoms with Crippen LogP contribution >= 0.6 is 0 Å².